The van der Waals surface area contributed by atoms with Gasteiger partial charge in [-0.1, -0.05) is 6.92 Å². The number of carbonyl (C=O) groups is 1. The van der Waals surface area contributed by atoms with E-state index in [-0.39, 0.29) is 11.9 Å². The number of Topliss-reactive ketones (excluding diaryl/α,β-unsaturated/α-hetero) is 1. The first kappa shape index (κ1) is 14.7. The maximum atomic E-state index is 12.2. The normalized spacial score (nSPS) is 12.4. The van der Waals surface area contributed by atoms with Crippen LogP contribution in [0.2, 0.25) is 0 Å². The third-order valence-electron chi connectivity index (χ3n) is 2.91. The number of methoxy groups -OCH3 is 2. The van der Waals surface area contributed by atoms with E-state index in [1.165, 1.54) is 0 Å². The zero-order valence-corrected chi connectivity index (χ0v) is 11.6. The van der Waals surface area contributed by atoms with Crippen molar-refractivity contribution in [3.8, 4) is 5.75 Å². The fraction of sp³-hybridized carbons (Fsp3) is 0.692. The molecule has 0 aliphatic heterocycles. The first-order chi connectivity index (χ1) is 8.63. The van der Waals surface area contributed by atoms with Crippen molar-refractivity contribution >= 4 is 5.78 Å². The van der Waals surface area contributed by atoms with Crippen LogP contribution in [0.4, 0.5) is 0 Å². The molecule has 1 aromatic heterocycles. The molecule has 1 aromatic rings. The third kappa shape index (κ3) is 3.57. The second-order valence-corrected chi connectivity index (χ2v) is 4.29. The minimum Gasteiger partial charge on any atom is -0.493 e. The molecule has 0 bridgehead atoms. The monoisotopic (exact) mass is 254 g/mol. The summed E-state index contributed by atoms with van der Waals surface area (Å²) in [5.41, 5.74) is 0.572. The summed E-state index contributed by atoms with van der Waals surface area (Å²) in [5.74, 6) is 0.611. The average Bonchev–Trinajstić information content (AvgIpc) is 2.78. The number of hydrogen-bond donors (Lipinski definition) is 0. The largest absolute Gasteiger partial charge is 0.493 e. The molecule has 18 heavy (non-hydrogen) atoms. The van der Waals surface area contributed by atoms with Crippen molar-refractivity contribution in [1.82, 2.24) is 9.78 Å². The highest BCUT2D eigenvalue weighted by Gasteiger charge is 2.19. The summed E-state index contributed by atoms with van der Waals surface area (Å²) < 4.78 is 12.1. The van der Waals surface area contributed by atoms with Gasteiger partial charge in [0.05, 0.1) is 19.4 Å². The van der Waals surface area contributed by atoms with Gasteiger partial charge < -0.3 is 9.47 Å². The predicted molar refractivity (Wildman–Crippen MR) is 69.1 cm³/mol. The lowest BCUT2D eigenvalue weighted by Gasteiger charge is -2.10. The van der Waals surface area contributed by atoms with Crippen LogP contribution in [-0.2, 0) is 11.3 Å². The molecule has 0 saturated heterocycles. The van der Waals surface area contributed by atoms with Gasteiger partial charge in [-0.15, -0.1) is 0 Å². The van der Waals surface area contributed by atoms with Crippen LogP contribution in [-0.4, -0.2) is 35.9 Å². The molecular formula is C13H22N2O3. The predicted octanol–water partition coefficient (Wildman–Crippen LogP) is 2.30. The molecule has 1 atom stereocenters. The second kappa shape index (κ2) is 7.16. The van der Waals surface area contributed by atoms with Crippen LogP contribution < -0.4 is 4.74 Å². The van der Waals surface area contributed by atoms with Crippen molar-refractivity contribution in [1.29, 1.82) is 0 Å². The van der Waals surface area contributed by atoms with E-state index >= 15 is 0 Å². The minimum absolute atomic E-state index is 0.0571. The number of ether oxygens (including phenoxy) is 2. The maximum Gasteiger partial charge on any atom is 0.184 e. The molecule has 5 nitrogen and oxygen atoms in total. The molecule has 0 N–H and O–H groups in total. The Morgan fingerprint density at radius 1 is 1.50 bits per heavy atom. The Bertz CT molecular complexity index is 388. The van der Waals surface area contributed by atoms with E-state index in [1.807, 2.05) is 6.92 Å². The fourth-order valence-corrected chi connectivity index (χ4v) is 1.75. The first-order valence-corrected chi connectivity index (χ1v) is 6.29. The molecule has 5 heteroatoms. The lowest BCUT2D eigenvalue weighted by Crippen LogP contribution is -2.14. The van der Waals surface area contributed by atoms with Gasteiger partial charge >= 0.3 is 0 Å². The Hall–Kier alpha value is -1.36. The average molecular weight is 254 g/mol. The summed E-state index contributed by atoms with van der Waals surface area (Å²) in [5, 5.41) is 4.18. The zero-order chi connectivity index (χ0) is 13.5. The van der Waals surface area contributed by atoms with Crippen LogP contribution in [0.1, 0.15) is 43.6 Å². The minimum atomic E-state index is 0.0571. The molecule has 1 rings (SSSR count). The Morgan fingerprint density at radius 3 is 2.78 bits per heavy atom. The SMILES string of the molecule is CCCn1ncc(OC)c1C(=O)CCC(C)OC. The summed E-state index contributed by atoms with van der Waals surface area (Å²) in [6.07, 6.45) is 3.77. The Morgan fingerprint density at radius 2 is 2.22 bits per heavy atom. The van der Waals surface area contributed by atoms with Crippen LogP contribution in [0.15, 0.2) is 6.20 Å². The second-order valence-electron chi connectivity index (χ2n) is 4.29. The number of hydrogen-bond acceptors (Lipinski definition) is 4. The molecule has 0 fully saturated rings. The van der Waals surface area contributed by atoms with Gasteiger partial charge in [-0.3, -0.25) is 9.48 Å². The molecule has 0 spiro atoms. The lowest BCUT2D eigenvalue weighted by atomic mass is 10.1. The molecular weight excluding hydrogens is 232 g/mol. The van der Waals surface area contributed by atoms with Crippen LogP contribution in [0, 0.1) is 0 Å². The maximum absolute atomic E-state index is 12.2. The van der Waals surface area contributed by atoms with Gasteiger partial charge in [0, 0.05) is 20.1 Å². The summed E-state index contributed by atoms with van der Waals surface area (Å²) in [6.45, 7) is 4.73. The standard InChI is InChI=1S/C13H22N2O3/c1-5-8-15-13(12(18-4)9-14-15)11(16)7-6-10(2)17-3/h9-10H,5-8H2,1-4H3. The number of carbonyl (C=O) groups excluding carboxylic acids is 1. The van der Waals surface area contributed by atoms with Crippen LogP contribution in [0.3, 0.4) is 0 Å². The molecule has 0 aliphatic carbocycles. The molecule has 0 radical (unpaired) electrons. The number of aromatic nitrogens is 2. The quantitative estimate of drug-likeness (QED) is 0.668. The molecule has 102 valence electrons. The Labute approximate surface area is 108 Å². The topological polar surface area (TPSA) is 53.4 Å². The van der Waals surface area contributed by atoms with Gasteiger partial charge in [0.15, 0.2) is 11.5 Å². The summed E-state index contributed by atoms with van der Waals surface area (Å²) in [4.78, 5) is 12.2. The third-order valence-corrected chi connectivity index (χ3v) is 2.91. The Balaban J connectivity index is 2.79. The van der Waals surface area contributed by atoms with Crippen LogP contribution in [0.25, 0.3) is 0 Å². The highest BCUT2D eigenvalue weighted by Crippen LogP contribution is 2.20. The van der Waals surface area contributed by atoms with Gasteiger partial charge in [0.25, 0.3) is 0 Å². The van der Waals surface area contributed by atoms with Crippen molar-refractivity contribution < 1.29 is 14.3 Å². The zero-order valence-electron chi connectivity index (χ0n) is 11.6. The van der Waals surface area contributed by atoms with E-state index in [1.54, 1.807) is 25.1 Å². The highest BCUT2D eigenvalue weighted by molar-refractivity contribution is 5.97. The van der Waals surface area contributed by atoms with Crippen molar-refractivity contribution in [2.75, 3.05) is 14.2 Å². The van der Waals surface area contributed by atoms with E-state index in [9.17, 15) is 4.79 Å². The summed E-state index contributed by atoms with van der Waals surface area (Å²) in [6, 6.07) is 0. The van der Waals surface area contributed by atoms with E-state index in [2.05, 4.69) is 12.0 Å². The Kier molecular flexibility index (Phi) is 5.85. The van der Waals surface area contributed by atoms with Crippen molar-refractivity contribution in [3.63, 3.8) is 0 Å². The molecule has 0 amide bonds. The smallest absolute Gasteiger partial charge is 0.184 e. The number of ketones is 1. The molecule has 0 aromatic carbocycles. The van der Waals surface area contributed by atoms with Crippen molar-refractivity contribution in [2.24, 2.45) is 0 Å². The molecule has 1 unspecified atom stereocenters. The number of nitrogens with zero attached hydrogens (tertiary/aromatic N) is 2. The van der Waals surface area contributed by atoms with Gasteiger partial charge in [-0.05, 0) is 19.8 Å². The van der Waals surface area contributed by atoms with Gasteiger partial charge in [0.2, 0.25) is 0 Å². The first-order valence-electron chi connectivity index (χ1n) is 6.29. The van der Waals surface area contributed by atoms with Gasteiger partial charge in [-0.2, -0.15) is 5.10 Å². The van der Waals surface area contributed by atoms with Crippen LogP contribution in [0.5, 0.6) is 5.75 Å². The fourth-order valence-electron chi connectivity index (χ4n) is 1.75. The van der Waals surface area contributed by atoms with Gasteiger partial charge in [-0.25, -0.2) is 0 Å². The van der Waals surface area contributed by atoms with E-state index in [0.29, 0.717) is 24.3 Å². The molecule has 0 aliphatic rings. The van der Waals surface area contributed by atoms with E-state index in [0.717, 1.165) is 13.0 Å². The number of rotatable bonds is 8. The van der Waals surface area contributed by atoms with Crippen LogP contribution >= 0.6 is 0 Å². The molecule has 0 saturated carbocycles. The van der Waals surface area contributed by atoms with E-state index < -0.39 is 0 Å². The van der Waals surface area contributed by atoms with Crippen molar-refractivity contribution in [3.05, 3.63) is 11.9 Å². The molecule has 1 heterocycles. The summed E-state index contributed by atoms with van der Waals surface area (Å²) >= 11 is 0. The van der Waals surface area contributed by atoms with E-state index in [4.69, 9.17) is 9.47 Å². The summed E-state index contributed by atoms with van der Waals surface area (Å²) in [7, 11) is 3.21. The van der Waals surface area contributed by atoms with Gasteiger partial charge in [0.1, 0.15) is 5.69 Å². The van der Waals surface area contributed by atoms with Crippen molar-refractivity contribution in [2.45, 2.75) is 45.8 Å². The highest BCUT2D eigenvalue weighted by atomic mass is 16.5. The number of aryl methyl sites for hydroxylation is 1. The lowest BCUT2D eigenvalue weighted by molar-refractivity contribution is 0.0867.